The van der Waals surface area contributed by atoms with Crippen molar-refractivity contribution in [3.05, 3.63) is 106 Å². The predicted molar refractivity (Wildman–Crippen MR) is 130 cm³/mol. The first-order valence-electron chi connectivity index (χ1n) is 11.0. The van der Waals surface area contributed by atoms with Gasteiger partial charge in [0.25, 0.3) is 5.91 Å². The van der Waals surface area contributed by atoms with Crippen molar-refractivity contribution in [2.45, 2.75) is 34.1 Å². The third-order valence-electron chi connectivity index (χ3n) is 5.88. The predicted octanol–water partition coefficient (Wildman–Crippen LogP) is 5.75. The Hall–Kier alpha value is -3.66. The minimum absolute atomic E-state index is 0.121. The summed E-state index contributed by atoms with van der Waals surface area (Å²) in [6.07, 6.45) is 0.786. The quantitative estimate of drug-likeness (QED) is 0.429. The Bertz CT molecular complexity index is 1260. The maximum Gasteiger partial charge on any atom is 0.270 e. The smallest absolute Gasteiger partial charge is 0.270 e. The Labute approximate surface area is 189 Å². The highest BCUT2D eigenvalue weighted by molar-refractivity contribution is 5.94. The number of benzene rings is 3. The molecule has 1 heterocycles. The molecular formula is C28H29N3O. The number of aryl methyl sites for hydroxylation is 4. The Balaban J connectivity index is 1.68. The van der Waals surface area contributed by atoms with Crippen LogP contribution < -0.4 is 5.32 Å². The van der Waals surface area contributed by atoms with Crippen LogP contribution >= 0.6 is 0 Å². The van der Waals surface area contributed by atoms with Gasteiger partial charge in [0, 0.05) is 12.1 Å². The Morgan fingerprint density at radius 3 is 2.34 bits per heavy atom. The number of nitrogens with one attached hydrogen (secondary N) is 1. The van der Waals surface area contributed by atoms with Gasteiger partial charge in [-0.05, 0) is 80.1 Å². The van der Waals surface area contributed by atoms with E-state index in [1.165, 1.54) is 16.7 Å². The molecule has 4 rings (SSSR count). The van der Waals surface area contributed by atoms with Gasteiger partial charge in [0.2, 0.25) is 0 Å². The molecule has 1 amide bonds. The van der Waals surface area contributed by atoms with Crippen LogP contribution in [-0.4, -0.2) is 22.2 Å². The van der Waals surface area contributed by atoms with Gasteiger partial charge in [-0.1, -0.05) is 54.6 Å². The lowest BCUT2D eigenvalue weighted by atomic mass is 10.0. The van der Waals surface area contributed by atoms with Gasteiger partial charge in [0.05, 0.1) is 11.4 Å². The highest BCUT2D eigenvalue weighted by Gasteiger charge is 2.19. The zero-order valence-corrected chi connectivity index (χ0v) is 19.1. The van der Waals surface area contributed by atoms with Crippen LogP contribution in [0, 0.1) is 27.7 Å². The highest BCUT2D eigenvalue weighted by atomic mass is 16.2. The van der Waals surface area contributed by atoms with E-state index in [-0.39, 0.29) is 5.91 Å². The van der Waals surface area contributed by atoms with Crippen LogP contribution in [0.2, 0.25) is 0 Å². The first kappa shape index (κ1) is 21.6. The molecule has 0 aliphatic heterocycles. The zero-order valence-electron chi connectivity index (χ0n) is 19.1. The van der Waals surface area contributed by atoms with Crippen LogP contribution in [0.3, 0.4) is 0 Å². The molecule has 162 valence electrons. The maximum absolute atomic E-state index is 13.2. The monoisotopic (exact) mass is 423 g/mol. The maximum atomic E-state index is 13.2. The molecule has 1 aromatic heterocycles. The summed E-state index contributed by atoms with van der Waals surface area (Å²) in [6.45, 7) is 8.86. The van der Waals surface area contributed by atoms with Crippen LogP contribution in [-0.2, 0) is 6.42 Å². The van der Waals surface area contributed by atoms with E-state index in [1.807, 2.05) is 31.2 Å². The Morgan fingerprint density at radius 2 is 1.59 bits per heavy atom. The average Bonchev–Trinajstić information content (AvgIpc) is 3.23. The van der Waals surface area contributed by atoms with Crippen molar-refractivity contribution in [1.29, 1.82) is 0 Å². The number of carbonyl (C=O) groups is 1. The van der Waals surface area contributed by atoms with Crippen molar-refractivity contribution >= 4 is 5.91 Å². The molecule has 0 aliphatic rings. The fraction of sp³-hybridized carbons (Fsp3) is 0.214. The van der Waals surface area contributed by atoms with E-state index >= 15 is 0 Å². The van der Waals surface area contributed by atoms with E-state index in [4.69, 9.17) is 5.10 Å². The third kappa shape index (κ3) is 4.65. The first-order valence-corrected chi connectivity index (χ1v) is 11.0. The molecule has 4 heteroatoms. The number of amides is 1. The Morgan fingerprint density at radius 1 is 0.844 bits per heavy atom. The number of nitrogens with zero attached hydrogens (tertiary/aromatic N) is 2. The van der Waals surface area contributed by atoms with E-state index in [0.717, 1.165) is 34.5 Å². The van der Waals surface area contributed by atoms with Crippen molar-refractivity contribution in [2.75, 3.05) is 6.54 Å². The summed E-state index contributed by atoms with van der Waals surface area (Å²) in [4.78, 5) is 13.2. The first-order chi connectivity index (χ1) is 15.4. The summed E-state index contributed by atoms with van der Waals surface area (Å²) in [5.74, 6) is -0.121. The second-order valence-corrected chi connectivity index (χ2v) is 8.41. The number of aromatic nitrogens is 2. The van der Waals surface area contributed by atoms with Crippen LogP contribution in [0.5, 0.6) is 0 Å². The molecule has 0 saturated carbocycles. The highest BCUT2D eigenvalue weighted by Crippen LogP contribution is 2.25. The van der Waals surface area contributed by atoms with Crippen molar-refractivity contribution in [2.24, 2.45) is 0 Å². The lowest BCUT2D eigenvalue weighted by Crippen LogP contribution is -2.28. The van der Waals surface area contributed by atoms with Crippen molar-refractivity contribution < 1.29 is 4.79 Å². The summed E-state index contributed by atoms with van der Waals surface area (Å²) < 4.78 is 1.78. The molecule has 0 unspecified atom stereocenters. The molecule has 0 saturated heterocycles. The van der Waals surface area contributed by atoms with Crippen LogP contribution in [0.4, 0.5) is 0 Å². The minimum atomic E-state index is -0.121. The molecule has 0 spiro atoms. The van der Waals surface area contributed by atoms with Gasteiger partial charge in [-0.25, -0.2) is 4.68 Å². The number of hydrogen-bond donors (Lipinski definition) is 1. The molecule has 0 bridgehead atoms. The van der Waals surface area contributed by atoms with Gasteiger partial charge < -0.3 is 5.32 Å². The molecular weight excluding hydrogens is 394 g/mol. The van der Waals surface area contributed by atoms with Crippen LogP contribution in [0.15, 0.2) is 72.8 Å². The molecule has 1 N–H and O–H groups in total. The second kappa shape index (κ2) is 9.23. The average molecular weight is 424 g/mol. The van der Waals surface area contributed by atoms with Crippen molar-refractivity contribution in [1.82, 2.24) is 15.1 Å². The fourth-order valence-electron chi connectivity index (χ4n) is 3.77. The summed E-state index contributed by atoms with van der Waals surface area (Å²) in [5.41, 5.74) is 9.12. The molecule has 0 atom stereocenters. The van der Waals surface area contributed by atoms with E-state index in [2.05, 4.69) is 74.6 Å². The summed E-state index contributed by atoms with van der Waals surface area (Å²) in [7, 11) is 0. The zero-order chi connectivity index (χ0) is 22.7. The minimum Gasteiger partial charge on any atom is -0.350 e. The van der Waals surface area contributed by atoms with Crippen LogP contribution in [0.1, 0.15) is 38.3 Å². The topological polar surface area (TPSA) is 46.9 Å². The van der Waals surface area contributed by atoms with Gasteiger partial charge in [-0.3, -0.25) is 4.79 Å². The third-order valence-corrected chi connectivity index (χ3v) is 5.88. The molecule has 0 radical (unpaired) electrons. The van der Waals surface area contributed by atoms with Gasteiger partial charge in [0.1, 0.15) is 5.69 Å². The van der Waals surface area contributed by atoms with E-state index < -0.39 is 0 Å². The molecule has 3 aromatic carbocycles. The summed E-state index contributed by atoms with van der Waals surface area (Å²) >= 11 is 0. The van der Waals surface area contributed by atoms with Gasteiger partial charge in [0.15, 0.2) is 0 Å². The van der Waals surface area contributed by atoms with Crippen molar-refractivity contribution in [3.63, 3.8) is 0 Å². The summed E-state index contributed by atoms with van der Waals surface area (Å²) in [6, 6.07) is 24.6. The molecule has 4 nitrogen and oxygen atoms in total. The second-order valence-electron chi connectivity index (χ2n) is 8.41. The van der Waals surface area contributed by atoms with E-state index in [1.54, 1.807) is 4.68 Å². The number of hydrogen-bond acceptors (Lipinski definition) is 2. The lowest BCUT2D eigenvalue weighted by molar-refractivity contribution is 0.0946. The van der Waals surface area contributed by atoms with Gasteiger partial charge in [-0.15, -0.1) is 0 Å². The van der Waals surface area contributed by atoms with E-state index in [9.17, 15) is 4.79 Å². The standard InChI is InChI=1S/C28H29N3O/c1-19-10-11-21(3)26(16-19)31-27(28(32)29-15-14-23-8-6-5-7-9-23)18-25(30-31)24-13-12-20(2)22(4)17-24/h5-13,16-18H,14-15H2,1-4H3,(H,29,32). The molecule has 0 fully saturated rings. The van der Waals surface area contributed by atoms with Gasteiger partial charge in [-0.2, -0.15) is 5.10 Å². The van der Waals surface area contributed by atoms with E-state index in [0.29, 0.717) is 12.2 Å². The summed E-state index contributed by atoms with van der Waals surface area (Å²) in [5, 5.41) is 7.94. The van der Waals surface area contributed by atoms with Crippen LogP contribution in [0.25, 0.3) is 16.9 Å². The normalized spacial score (nSPS) is 10.9. The number of carbonyl (C=O) groups excluding carboxylic acids is 1. The molecule has 0 aliphatic carbocycles. The van der Waals surface area contributed by atoms with Crippen molar-refractivity contribution in [3.8, 4) is 16.9 Å². The lowest BCUT2D eigenvalue weighted by Gasteiger charge is -2.11. The SMILES string of the molecule is Cc1ccc(C)c(-n2nc(-c3ccc(C)c(C)c3)cc2C(=O)NCCc2ccccc2)c1. The molecule has 32 heavy (non-hydrogen) atoms. The largest absolute Gasteiger partial charge is 0.350 e. The van der Waals surface area contributed by atoms with Gasteiger partial charge >= 0.3 is 0 Å². The number of rotatable bonds is 6. The fourth-order valence-corrected chi connectivity index (χ4v) is 3.77. The molecule has 4 aromatic rings. The Kier molecular flexibility index (Phi) is 6.22.